The maximum Gasteiger partial charge on any atom is 0.200 e. The molecule has 0 aliphatic rings. The average molecular weight is 314 g/mol. The van der Waals surface area contributed by atoms with Crippen molar-refractivity contribution in [2.24, 2.45) is 7.05 Å². The van der Waals surface area contributed by atoms with E-state index in [1.54, 1.807) is 7.11 Å². The third-order valence-corrected chi connectivity index (χ3v) is 5.04. The number of methoxy groups -OCH3 is 1. The summed E-state index contributed by atoms with van der Waals surface area (Å²) in [6, 6.07) is 13.8. The zero-order valence-corrected chi connectivity index (χ0v) is 13.7. The molecule has 1 heterocycles. The van der Waals surface area contributed by atoms with Gasteiger partial charge in [0, 0.05) is 13.1 Å². The van der Waals surface area contributed by atoms with Crippen LogP contribution in [0.4, 0.5) is 0 Å². The number of imidazole rings is 1. The Balaban J connectivity index is 1.93. The van der Waals surface area contributed by atoms with Gasteiger partial charge in [0.25, 0.3) is 0 Å². The molecule has 0 amide bonds. The molecule has 0 N–H and O–H groups in total. The second-order valence-corrected chi connectivity index (χ2v) is 6.63. The number of ether oxygens (including phenoxy) is 1. The van der Waals surface area contributed by atoms with Crippen LogP contribution < -0.4 is 4.74 Å². The third-order valence-electron chi connectivity index (χ3n) is 3.67. The van der Waals surface area contributed by atoms with Gasteiger partial charge in [-0.3, -0.25) is 4.21 Å². The summed E-state index contributed by atoms with van der Waals surface area (Å²) in [5.41, 5.74) is 4.00. The number of benzene rings is 2. The number of rotatable bonds is 4. The van der Waals surface area contributed by atoms with E-state index in [0.29, 0.717) is 10.9 Å². The quantitative estimate of drug-likeness (QED) is 0.743. The summed E-state index contributed by atoms with van der Waals surface area (Å²) >= 11 is 0. The first kappa shape index (κ1) is 14.8. The fraction of sp³-hybridized carbons (Fsp3) is 0.235. The molecule has 22 heavy (non-hydrogen) atoms. The highest BCUT2D eigenvalue weighted by molar-refractivity contribution is 7.84. The summed E-state index contributed by atoms with van der Waals surface area (Å²) in [5, 5.41) is 0.587. The van der Waals surface area contributed by atoms with Crippen LogP contribution in [0.2, 0.25) is 0 Å². The van der Waals surface area contributed by atoms with Crippen LogP contribution in [-0.2, 0) is 23.6 Å². The minimum Gasteiger partial charge on any atom is -0.497 e. The lowest BCUT2D eigenvalue weighted by atomic mass is 10.2. The molecule has 2 aromatic carbocycles. The fourth-order valence-electron chi connectivity index (χ4n) is 2.39. The fourth-order valence-corrected chi connectivity index (χ4v) is 3.62. The van der Waals surface area contributed by atoms with E-state index in [1.165, 1.54) is 5.56 Å². The summed E-state index contributed by atoms with van der Waals surface area (Å²) < 4.78 is 19.7. The van der Waals surface area contributed by atoms with Crippen molar-refractivity contribution in [3.8, 4) is 5.75 Å². The maximum atomic E-state index is 12.6. The first-order valence-electron chi connectivity index (χ1n) is 7.03. The third kappa shape index (κ3) is 2.76. The Hall–Kier alpha value is -2.14. The van der Waals surface area contributed by atoms with Gasteiger partial charge in [-0.05, 0) is 24.6 Å². The molecule has 0 fully saturated rings. The highest BCUT2D eigenvalue weighted by Gasteiger charge is 2.15. The van der Waals surface area contributed by atoms with Gasteiger partial charge in [-0.2, -0.15) is 0 Å². The zero-order chi connectivity index (χ0) is 15.7. The summed E-state index contributed by atoms with van der Waals surface area (Å²) in [7, 11) is 2.34. The first-order valence-corrected chi connectivity index (χ1v) is 8.35. The monoisotopic (exact) mass is 314 g/mol. The molecule has 114 valence electrons. The number of fused-ring (bicyclic) bond motifs is 1. The van der Waals surface area contributed by atoms with Gasteiger partial charge in [-0.25, -0.2) is 4.98 Å². The predicted octanol–water partition coefficient (Wildman–Crippen LogP) is 3.20. The standard InChI is InChI=1S/C17H18N2O2S/c1-12-4-6-13(7-5-12)11-22(20)17-18-15-10-14(21-3)8-9-16(15)19(17)2/h4-10H,11H2,1-3H3. The van der Waals surface area contributed by atoms with Gasteiger partial charge < -0.3 is 9.30 Å². The van der Waals surface area contributed by atoms with Gasteiger partial charge in [-0.1, -0.05) is 29.8 Å². The van der Waals surface area contributed by atoms with E-state index in [9.17, 15) is 4.21 Å². The molecule has 1 aromatic heterocycles. The van der Waals surface area contributed by atoms with E-state index >= 15 is 0 Å². The molecule has 1 atom stereocenters. The Bertz CT molecular complexity index is 838. The Labute approximate surface area is 132 Å². The van der Waals surface area contributed by atoms with Crippen LogP contribution in [0.5, 0.6) is 5.75 Å². The molecule has 3 aromatic rings. The number of hydrogen-bond acceptors (Lipinski definition) is 3. The molecule has 4 nitrogen and oxygen atoms in total. The molecule has 0 aliphatic carbocycles. The molecule has 3 rings (SSSR count). The average Bonchev–Trinajstić information content (AvgIpc) is 2.86. The van der Waals surface area contributed by atoms with Gasteiger partial charge >= 0.3 is 0 Å². The smallest absolute Gasteiger partial charge is 0.200 e. The van der Waals surface area contributed by atoms with Crippen LogP contribution in [-0.4, -0.2) is 20.9 Å². The highest BCUT2D eigenvalue weighted by Crippen LogP contribution is 2.23. The van der Waals surface area contributed by atoms with E-state index in [0.717, 1.165) is 22.3 Å². The van der Waals surface area contributed by atoms with Crippen molar-refractivity contribution in [3.63, 3.8) is 0 Å². The van der Waals surface area contributed by atoms with Crippen LogP contribution >= 0.6 is 0 Å². The van der Waals surface area contributed by atoms with Gasteiger partial charge in [0.1, 0.15) is 5.75 Å². The molecule has 5 heteroatoms. The molecule has 0 bridgehead atoms. The van der Waals surface area contributed by atoms with E-state index < -0.39 is 10.8 Å². The van der Waals surface area contributed by atoms with Gasteiger partial charge in [0.2, 0.25) is 0 Å². The van der Waals surface area contributed by atoms with Crippen LogP contribution in [0.1, 0.15) is 11.1 Å². The molecular weight excluding hydrogens is 296 g/mol. The number of aromatic nitrogens is 2. The van der Waals surface area contributed by atoms with Crippen molar-refractivity contribution >= 4 is 21.8 Å². The lowest BCUT2D eigenvalue weighted by Gasteiger charge is -2.04. The number of hydrogen-bond donors (Lipinski definition) is 0. The molecule has 0 saturated carbocycles. The summed E-state index contributed by atoms with van der Waals surface area (Å²) in [5.74, 6) is 1.22. The van der Waals surface area contributed by atoms with Crippen molar-refractivity contribution in [3.05, 3.63) is 53.6 Å². The number of aryl methyl sites for hydroxylation is 2. The Morgan fingerprint density at radius 1 is 1.18 bits per heavy atom. The molecule has 0 saturated heterocycles. The molecule has 0 radical (unpaired) electrons. The first-order chi connectivity index (χ1) is 10.6. The largest absolute Gasteiger partial charge is 0.497 e. The van der Waals surface area contributed by atoms with Crippen LogP contribution in [0, 0.1) is 6.92 Å². The lowest BCUT2D eigenvalue weighted by Crippen LogP contribution is -2.04. The summed E-state index contributed by atoms with van der Waals surface area (Å²) in [6.45, 7) is 2.04. The SMILES string of the molecule is COc1ccc2c(c1)nc(S(=O)Cc1ccc(C)cc1)n2C. The maximum absolute atomic E-state index is 12.6. The topological polar surface area (TPSA) is 44.1 Å². The van der Waals surface area contributed by atoms with Gasteiger partial charge in [0.05, 0.1) is 34.7 Å². The van der Waals surface area contributed by atoms with E-state index in [-0.39, 0.29) is 0 Å². The van der Waals surface area contributed by atoms with Crippen molar-refractivity contribution in [1.82, 2.24) is 9.55 Å². The van der Waals surface area contributed by atoms with Crippen LogP contribution in [0.15, 0.2) is 47.6 Å². The normalized spacial score (nSPS) is 12.5. The Morgan fingerprint density at radius 3 is 2.59 bits per heavy atom. The second-order valence-electron chi connectivity index (χ2n) is 5.28. The summed E-state index contributed by atoms with van der Waals surface area (Å²) in [6.07, 6.45) is 0. The lowest BCUT2D eigenvalue weighted by molar-refractivity contribution is 0.415. The van der Waals surface area contributed by atoms with Gasteiger partial charge in [0.15, 0.2) is 5.16 Å². The van der Waals surface area contributed by atoms with Crippen molar-refractivity contribution in [1.29, 1.82) is 0 Å². The van der Waals surface area contributed by atoms with E-state index in [4.69, 9.17) is 4.74 Å². The Kier molecular flexibility index (Phi) is 3.98. The minimum atomic E-state index is -1.18. The molecule has 0 aliphatic heterocycles. The molecular formula is C17H18N2O2S. The van der Waals surface area contributed by atoms with Crippen molar-refractivity contribution < 1.29 is 8.95 Å². The predicted molar refractivity (Wildman–Crippen MR) is 88.6 cm³/mol. The second kappa shape index (κ2) is 5.93. The van der Waals surface area contributed by atoms with Gasteiger partial charge in [-0.15, -0.1) is 0 Å². The van der Waals surface area contributed by atoms with Crippen molar-refractivity contribution in [2.75, 3.05) is 7.11 Å². The van der Waals surface area contributed by atoms with Crippen LogP contribution in [0.3, 0.4) is 0 Å². The van der Waals surface area contributed by atoms with Crippen molar-refractivity contribution in [2.45, 2.75) is 17.8 Å². The molecule has 0 spiro atoms. The van der Waals surface area contributed by atoms with E-state index in [1.807, 2.05) is 61.0 Å². The van der Waals surface area contributed by atoms with E-state index in [2.05, 4.69) is 4.98 Å². The summed E-state index contributed by atoms with van der Waals surface area (Å²) in [4.78, 5) is 4.52. The Morgan fingerprint density at radius 2 is 1.91 bits per heavy atom. The van der Waals surface area contributed by atoms with Crippen LogP contribution in [0.25, 0.3) is 11.0 Å². The number of nitrogens with zero attached hydrogens (tertiary/aromatic N) is 2. The zero-order valence-electron chi connectivity index (χ0n) is 12.9. The highest BCUT2D eigenvalue weighted by atomic mass is 32.2. The minimum absolute atomic E-state index is 0.467. The molecule has 1 unspecified atom stereocenters.